The monoisotopic (exact) mass is 349 g/mol. The molecule has 0 saturated heterocycles. The van der Waals surface area contributed by atoms with Gasteiger partial charge >= 0.3 is 0 Å². The molecule has 0 aliphatic heterocycles. The number of anilines is 1. The van der Waals surface area contributed by atoms with Gasteiger partial charge < -0.3 is 15.2 Å². The number of benzene rings is 1. The zero-order valence-corrected chi connectivity index (χ0v) is 13.7. The Morgan fingerprint density at radius 3 is 2.83 bits per heavy atom. The third kappa shape index (κ3) is 2.95. The van der Waals surface area contributed by atoms with E-state index in [1.807, 2.05) is 22.9 Å². The zero-order chi connectivity index (χ0) is 16.6. The highest BCUT2D eigenvalue weighted by Crippen LogP contribution is 2.34. The highest BCUT2D eigenvalue weighted by atomic mass is 35.5. The van der Waals surface area contributed by atoms with E-state index < -0.39 is 5.91 Å². The summed E-state index contributed by atoms with van der Waals surface area (Å²) in [5.41, 5.74) is 6.64. The number of nitrogens with two attached hydrogens (primary N) is 1. The molecular formula is C15H13Cl2N5O. The molecule has 1 amide bonds. The molecule has 0 fully saturated rings. The smallest absolute Gasteiger partial charge is 0.236 e. The second kappa shape index (κ2) is 6.06. The molecule has 0 saturated carbocycles. The quantitative estimate of drug-likeness (QED) is 0.785. The summed E-state index contributed by atoms with van der Waals surface area (Å²) in [6.07, 6.45) is 5.17. The fourth-order valence-electron chi connectivity index (χ4n) is 2.33. The summed E-state index contributed by atoms with van der Waals surface area (Å²) >= 11 is 12.4. The predicted molar refractivity (Wildman–Crippen MR) is 91.3 cm³/mol. The van der Waals surface area contributed by atoms with Crippen molar-refractivity contribution < 1.29 is 4.79 Å². The van der Waals surface area contributed by atoms with Gasteiger partial charge in [0.25, 0.3) is 0 Å². The Bertz CT molecular complexity index is 879. The van der Waals surface area contributed by atoms with E-state index in [0.29, 0.717) is 21.4 Å². The number of imidazole rings is 1. The number of amides is 1. The number of halogens is 2. The van der Waals surface area contributed by atoms with Crippen molar-refractivity contribution in [2.45, 2.75) is 0 Å². The number of hydrogen-bond acceptors (Lipinski definition) is 4. The van der Waals surface area contributed by atoms with Crippen molar-refractivity contribution in [1.29, 1.82) is 0 Å². The van der Waals surface area contributed by atoms with Gasteiger partial charge in [0.05, 0.1) is 34.1 Å². The third-order valence-corrected chi connectivity index (χ3v) is 4.20. The van der Waals surface area contributed by atoms with Crippen LogP contribution in [-0.4, -0.2) is 34.0 Å². The van der Waals surface area contributed by atoms with Crippen LogP contribution in [0.2, 0.25) is 10.0 Å². The highest BCUT2D eigenvalue weighted by Gasteiger charge is 2.15. The summed E-state index contributed by atoms with van der Waals surface area (Å²) in [5.74, 6) is 0.111. The van der Waals surface area contributed by atoms with Crippen molar-refractivity contribution in [3.05, 3.63) is 47.0 Å². The number of carbonyl (C=O) groups excluding carboxylic acids is 1. The van der Waals surface area contributed by atoms with Crippen molar-refractivity contribution in [2.24, 2.45) is 5.73 Å². The molecule has 3 rings (SSSR count). The van der Waals surface area contributed by atoms with Crippen molar-refractivity contribution in [3.63, 3.8) is 0 Å². The number of primary amides is 1. The zero-order valence-electron chi connectivity index (χ0n) is 12.2. The minimum absolute atomic E-state index is 0.0417. The maximum absolute atomic E-state index is 11.2. The van der Waals surface area contributed by atoms with Gasteiger partial charge in [-0.05, 0) is 12.1 Å². The lowest BCUT2D eigenvalue weighted by Gasteiger charge is -2.19. The molecule has 0 aliphatic rings. The Morgan fingerprint density at radius 2 is 2.17 bits per heavy atom. The highest BCUT2D eigenvalue weighted by molar-refractivity contribution is 6.45. The average molecular weight is 350 g/mol. The standard InChI is InChI=1S/C15H13Cl2N5O/c1-21(7-12(18)23)13-6-11(22-5-4-19-8-22)9-2-3-10(16)14(17)15(9)20-13/h2-6,8H,7H2,1H3,(H2,18,23). The Morgan fingerprint density at radius 1 is 1.39 bits per heavy atom. The molecule has 2 aromatic heterocycles. The van der Waals surface area contributed by atoms with E-state index in [2.05, 4.69) is 9.97 Å². The first-order chi connectivity index (χ1) is 11.0. The first-order valence-corrected chi connectivity index (χ1v) is 7.49. The van der Waals surface area contributed by atoms with Gasteiger partial charge in [0, 0.05) is 30.9 Å². The summed E-state index contributed by atoms with van der Waals surface area (Å²) < 4.78 is 1.84. The van der Waals surface area contributed by atoms with Gasteiger partial charge in [0.15, 0.2) is 0 Å². The summed E-state index contributed by atoms with van der Waals surface area (Å²) in [5, 5.41) is 1.60. The van der Waals surface area contributed by atoms with E-state index >= 15 is 0 Å². The van der Waals surface area contributed by atoms with Crippen LogP contribution in [0.3, 0.4) is 0 Å². The topological polar surface area (TPSA) is 77.0 Å². The minimum Gasteiger partial charge on any atom is -0.368 e. The van der Waals surface area contributed by atoms with Crippen LogP contribution in [0.15, 0.2) is 36.9 Å². The van der Waals surface area contributed by atoms with Gasteiger partial charge in [0.2, 0.25) is 5.91 Å². The minimum atomic E-state index is -0.448. The lowest BCUT2D eigenvalue weighted by atomic mass is 10.1. The van der Waals surface area contributed by atoms with Crippen LogP contribution in [-0.2, 0) is 4.79 Å². The van der Waals surface area contributed by atoms with Crippen LogP contribution in [0, 0.1) is 0 Å². The van der Waals surface area contributed by atoms with Crippen LogP contribution in [0.5, 0.6) is 0 Å². The molecule has 2 N–H and O–H groups in total. The number of hydrogen-bond donors (Lipinski definition) is 1. The molecule has 0 aliphatic carbocycles. The molecule has 23 heavy (non-hydrogen) atoms. The molecule has 3 aromatic rings. The van der Waals surface area contributed by atoms with Crippen molar-refractivity contribution >= 4 is 45.8 Å². The molecule has 118 valence electrons. The lowest BCUT2D eigenvalue weighted by molar-refractivity contribution is -0.116. The average Bonchev–Trinajstić information content (AvgIpc) is 3.03. The molecule has 2 heterocycles. The second-order valence-electron chi connectivity index (χ2n) is 5.05. The van der Waals surface area contributed by atoms with E-state index in [1.54, 1.807) is 30.5 Å². The van der Waals surface area contributed by atoms with Gasteiger partial charge in [-0.25, -0.2) is 9.97 Å². The van der Waals surface area contributed by atoms with Gasteiger partial charge in [-0.2, -0.15) is 0 Å². The Balaban J connectivity index is 2.27. The number of nitrogens with zero attached hydrogens (tertiary/aromatic N) is 4. The number of likely N-dealkylation sites (N-methyl/N-ethyl adjacent to an activating group) is 1. The molecule has 1 aromatic carbocycles. The van der Waals surface area contributed by atoms with Crippen LogP contribution in [0.4, 0.5) is 5.82 Å². The normalized spacial score (nSPS) is 10.9. The first kappa shape index (κ1) is 15.6. The van der Waals surface area contributed by atoms with Gasteiger partial charge in [-0.1, -0.05) is 23.2 Å². The first-order valence-electron chi connectivity index (χ1n) is 6.74. The van der Waals surface area contributed by atoms with Gasteiger partial charge in [-0.3, -0.25) is 4.79 Å². The Hall–Kier alpha value is -2.31. The Kier molecular flexibility index (Phi) is 4.11. The maximum atomic E-state index is 11.2. The van der Waals surface area contributed by atoms with E-state index in [0.717, 1.165) is 11.1 Å². The SMILES string of the molecule is CN(CC(N)=O)c1cc(-n2ccnc2)c2ccc(Cl)c(Cl)c2n1. The van der Waals surface area contributed by atoms with E-state index in [4.69, 9.17) is 28.9 Å². The van der Waals surface area contributed by atoms with Crippen molar-refractivity contribution in [1.82, 2.24) is 14.5 Å². The number of pyridine rings is 1. The second-order valence-corrected chi connectivity index (χ2v) is 5.83. The Labute approximate surface area is 142 Å². The van der Waals surface area contributed by atoms with E-state index in [1.165, 1.54) is 0 Å². The van der Waals surface area contributed by atoms with E-state index in [9.17, 15) is 4.79 Å². The lowest BCUT2D eigenvalue weighted by Crippen LogP contribution is -2.31. The number of carbonyl (C=O) groups is 1. The van der Waals surface area contributed by atoms with Gasteiger partial charge in [-0.15, -0.1) is 0 Å². The largest absolute Gasteiger partial charge is 0.368 e. The summed E-state index contributed by atoms with van der Waals surface area (Å²) in [7, 11) is 1.73. The summed E-state index contributed by atoms with van der Waals surface area (Å²) in [4.78, 5) is 21.4. The van der Waals surface area contributed by atoms with Crippen molar-refractivity contribution in [2.75, 3.05) is 18.5 Å². The molecule has 0 atom stereocenters. The molecule has 6 nitrogen and oxygen atoms in total. The third-order valence-electron chi connectivity index (χ3n) is 3.40. The van der Waals surface area contributed by atoms with Crippen molar-refractivity contribution in [3.8, 4) is 5.69 Å². The fraction of sp³-hybridized carbons (Fsp3) is 0.133. The molecule has 0 unspecified atom stereocenters. The summed E-state index contributed by atoms with van der Waals surface area (Å²) in [6, 6.07) is 5.42. The molecule has 0 spiro atoms. The molecule has 0 bridgehead atoms. The number of fused-ring (bicyclic) bond motifs is 1. The predicted octanol–water partition coefficient (Wildman–Crippen LogP) is 2.65. The fourth-order valence-corrected chi connectivity index (χ4v) is 2.69. The van der Waals surface area contributed by atoms with Crippen LogP contribution >= 0.6 is 23.2 Å². The number of rotatable bonds is 4. The molecule has 0 radical (unpaired) electrons. The number of aromatic nitrogens is 3. The van der Waals surface area contributed by atoms with Crippen LogP contribution in [0.1, 0.15) is 0 Å². The van der Waals surface area contributed by atoms with Crippen LogP contribution < -0.4 is 10.6 Å². The maximum Gasteiger partial charge on any atom is 0.236 e. The van der Waals surface area contributed by atoms with Gasteiger partial charge in [0.1, 0.15) is 5.82 Å². The summed E-state index contributed by atoms with van der Waals surface area (Å²) in [6.45, 7) is 0.0417. The molecule has 8 heteroatoms. The van der Waals surface area contributed by atoms with E-state index in [-0.39, 0.29) is 6.54 Å². The van der Waals surface area contributed by atoms with Crippen LogP contribution in [0.25, 0.3) is 16.6 Å². The molecular weight excluding hydrogens is 337 g/mol.